The van der Waals surface area contributed by atoms with Gasteiger partial charge in [-0.15, -0.1) is 0 Å². The van der Waals surface area contributed by atoms with Crippen molar-refractivity contribution in [2.75, 3.05) is 6.61 Å². The summed E-state index contributed by atoms with van der Waals surface area (Å²) in [4.78, 5) is 0. The molecule has 0 amide bonds. The maximum Gasteiger partial charge on any atom is 0.184 e. The average molecular weight is 340 g/mol. The fraction of sp³-hybridized carbons (Fsp3) is 1.00. The first-order chi connectivity index (χ1) is 11.7. The highest BCUT2D eigenvalue weighted by Crippen LogP contribution is 2.48. The van der Waals surface area contributed by atoms with Crippen LogP contribution in [0, 0.1) is 0 Å². The normalized spacial score (nSPS) is 46.6. The summed E-state index contributed by atoms with van der Waals surface area (Å²) in [6.07, 6.45) is 8.64. The fourth-order valence-corrected chi connectivity index (χ4v) is 5.17. The molecule has 2 aliphatic carbocycles. The van der Waals surface area contributed by atoms with E-state index in [9.17, 15) is 5.11 Å². The lowest BCUT2D eigenvalue weighted by molar-refractivity contribution is -0.260. The molecule has 1 unspecified atom stereocenters. The van der Waals surface area contributed by atoms with Gasteiger partial charge in [0.25, 0.3) is 0 Å². The van der Waals surface area contributed by atoms with Crippen molar-refractivity contribution in [3.05, 3.63) is 0 Å². The molecule has 5 fully saturated rings. The van der Waals surface area contributed by atoms with Gasteiger partial charge in [-0.1, -0.05) is 12.8 Å². The van der Waals surface area contributed by atoms with E-state index in [2.05, 4.69) is 0 Å². The Morgan fingerprint density at radius 1 is 0.667 bits per heavy atom. The maximum atomic E-state index is 10.3. The van der Waals surface area contributed by atoms with Crippen molar-refractivity contribution in [2.24, 2.45) is 0 Å². The zero-order valence-corrected chi connectivity index (χ0v) is 14.2. The van der Waals surface area contributed by atoms with Crippen LogP contribution >= 0.6 is 0 Å². The molecular weight excluding hydrogens is 312 g/mol. The van der Waals surface area contributed by atoms with Crippen molar-refractivity contribution in [1.82, 2.24) is 0 Å². The Morgan fingerprint density at radius 3 is 2.00 bits per heavy atom. The smallest absolute Gasteiger partial charge is 0.184 e. The van der Waals surface area contributed by atoms with Crippen LogP contribution in [0.25, 0.3) is 0 Å². The van der Waals surface area contributed by atoms with Crippen LogP contribution in [0.5, 0.6) is 0 Å². The van der Waals surface area contributed by atoms with Crippen molar-refractivity contribution in [2.45, 2.75) is 106 Å². The average Bonchev–Trinajstić information content (AvgIpc) is 3.24. The van der Waals surface area contributed by atoms with Gasteiger partial charge in [-0.3, -0.25) is 0 Å². The van der Waals surface area contributed by atoms with E-state index in [0.717, 1.165) is 51.4 Å². The van der Waals surface area contributed by atoms with E-state index in [-0.39, 0.29) is 18.3 Å². The Bertz CT molecular complexity index is 470. The first-order valence-corrected chi connectivity index (χ1v) is 9.70. The monoisotopic (exact) mass is 340 g/mol. The van der Waals surface area contributed by atoms with Crippen LogP contribution in [0.4, 0.5) is 0 Å². The number of hydrogen-bond acceptors (Lipinski definition) is 6. The molecule has 3 saturated heterocycles. The summed E-state index contributed by atoms with van der Waals surface area (Å²) in [5.41, 5.74) is 0. The molecule has 6 nitrogen and oxygen atoms in total. The Labute approximate surface area is 142 Å². The predicted octanol–water partition coefficient (Wildman–Crippen LogP) is 2.22. The SMILES string of the molecule is OC1O[C@@H]([C@H]2COC3(CCCCC3)O2)[C@H]2OC3(CCCCC3)O[C@@H]12. The molecule has 5 aliphatic rings. The first kappa shape index (κ1) is 16.0. The Morgan fingerprint density at radius 2 is 1.29 bits per heavy atom. The van der Waals surface area contributed by atoms with Crippen LogP contribution in [0.15, 0.2) is 0 Å². The molecule has 5 atom stereocenters. The largest absolute Gasteiger partial charge is 0.366 e. The van der Waals surface area contributed by atoms with Gasteiger partial charge in [-0.25, -0.2) is 0 Å². The first-order valence-electron chi connectivity index (χ1n) is 9.70. The van der Waals surface area contributed by atoms with Crippen LogP contribution in [-0.2, 0) is 23.7 Å². The van der Waals surface area contributed by atoms with Crippen molar-refractivity contribution >= 4 is 0 Å². The lowest BCUT2D eigenvalue weighted by Gasteiger charge is -2.35. The molecule has 2 spiro atoms. The summed E-state index contributed by atoms with van der Waals surface area (Å²) in [5.74, 6) is -0.949. The van der Waals surface area contributed by atoms with E-state index in [1.165, 1.54) is 12.8 Å². The highest BCUT2D eigenvalue weighted by Gasteiger charge is 2.61. The standard InChI is InChI=1S/C18H28O6/c19-16-15-14(23-18(24-15)9-5-2-6-10-18)13(21-16)12-11-20-17(22-12)7-3-1-4-8-17/h12-16,19H,1-11H2/t12-,13+,14-,15-,16?/m1/s1. The molecule has 5 rings (SSSR count). The van der Waals surface area contributed by atoms with E-state index >= 15 is 0 Å². The van der Waals surface area contributed by atoms with Crippen molar-refractivity contribution < 1.29 is 28.8 Å². The van der Waals surface area contributed by atoms with Crippen molar-refractivity contribution in [3.8, 4) is 0 Å². The second-order valence-corrected chi connectivity index (χ2v) is 8.07. The van der Waals surface area contributed by atoms with Crippen molar-refractivity contribution in [1.29, 1.82) is 0 Å². The van der Waals surface area contributed by atoms with Gasteiger partial charge in [0.15, 0.2) is 17.9 Å². The van der Waals surface area contributed by atoms with Crippen LogP contribution < -0.4 is 0 Å². The Balaban J connectivity index is 1.30. The number of aliphatic hydroxyl groups is 1. The van der Waals surface area contributed by atoms with Gasteiger partial charge in [0.05, 0.1) is 6.61 Å². The van der Waals surface area contributed by atoms with E-state index in [4.69, 9.17) is 23.7 Å². The number of ether oxygens (including phenoxy) is 5. The topological polar surface area (TPSA) is 66.4 Å². The van der Waals surface area contributed by atoms with Gasteiger partial charge in [0.1, 0.15) is 24.4 Å². The number of rotatable bonds is 1. The molecule has 2 saturated carbocycles. The molecule has 0 radical (unpaired) electrons. The van der Waals surface area contributed by atoms with Gasteiger partial charge >= 0.3 is 0 Å². The number of fused-ring (bicyclic) bond motifs is 1. The minimum atomic E-state index is -0.937. The maximum absolute atomic E-state index is 10.3. The summed E-state index contributed by atoms with van der Waals surface area (Å²) < 4.78 is 30.6. The Hall–Kier alpha value is -0.240. The minimum absolute atomic E-state index is 0.185. The predicted molar refractivity (Wildman–Crippen MR) is 83.1 cm³/mol. The van der Waals surface area contributed by atoms with Crippen LogP contribution in [-0.4, -0.2) is 54.0 Å². The summed E-state index contributed by atoms with van der Waals surface area (Å²) in [6.45, 7) is 0.511. The van der Waals surface area contributed by atoms with E-state index in [1.54, 1.807) is 0 Å². The lowest BCUT2D eigenvalue weighted by atomic mass is 9.94. The summed E-state index contributed by atoms with van der Waals surface area (Å²) in [6, 6.07) is 0. The molecular formula is C18H28O6. The minimum Gasteiger partial charge on any atom is -0.366 e. The highest BCUT2D eigenvalue weighted by molar-refractivity contribution is 5.01. The van der Waals surface area contributed by atoms with Crippen LogP contribution in [0.3, 0.4) is 0 Å². The molecule has 0 aromatic heterocycles. The molecule has 136 valence electrons. The van der Waals surface area contributed by atoms with Gasteiger partial charge in [-0.2, -0.15) is 0 Å². The van der Waals surface area contributed by atoms with Gasteiger partial charge < -0.3 is 28.8 Å². The third-order valence-electron chi connectivity index (χ3n) is 6.40. The van der Waals surface area contributed by atoms with E-state index in [1.807, 2.05) is 0 Å². The molecule has 6 heteroatoms. The van der Waals surface area contributed by atoms with Crippen LogP contribution in [0.2, 0.25) is 0 Å². The fourth-order valence-electron chi connectivity index (χ4n) is 5.17. The summed E-state index contributed by atoms with van der Waals surface area (Å²) in [5, 5.41) is 10.3. The highest BCUT2D eigenvalue weighted by atomic mass is 16.8. The lowest BCUT2D eigenvalue weighted by Crippen LogP contribution is -2.43. The van der Waals surface area contributed by atoms with Crippen LogP contribution in [0.1, 0.15) is 64.2 Å². The van der Waals surface area contributed by atoms with E-state index in [0.29, 0.717) is 6.61 Å². The quantitative estimate of drug-likeness (QED) is 0.789. The second kappa shape index (κ2) is 5.89. The zero-order chi connectivity index (χ0) is 16.2. The van der Waals surface area contributed by atoms with E-state index < -0.39 is 24.0 Å². The molecule has 3 heterocycles. The Kier molecular flexibility index (Phi) is 3.92. The number of hydrogen-bond donors (Lipinski definition) is 1. The van der Waals surface area contributed by atoms with Crippen molar-refractivity contribution in [3.63, 3.8) is 0 Å². The molecule has 0 aromatic carbocycles. The summed E-state index contributed by atoms with van der Waals surface area (Å²) >= 11 is 0. The second-order valence-electron chi connectivity index (χ2n) is 8.07. The zero-order valence-electron chi connectivity index (χ0n) is 14.2. The molecule has 3 aliphatic heterocycles. The molecule has 0 bridgehead atoms. The molecule has 24 heavy (non-hydrogen) atoms. The molecule has 0 aromatic rings. The molecule has 1 N–H and O–H groups in total. The van der Waals surface area contributed by atoms with Gasteiger partial charge in [0, 0.05) is 25.7 Å². The van der Waals surface area contributed by atoms with Gasteiger partial charge in [0.2, 0.25) is 0 Å². The number of aliphatic hydroxyl groups excluding tert-OH is 1. The third kappa shape index (κ3) is 2.54. The summed E-state index contributed by atoms with van der Waals surface area (Å²) in [7, 11) is 0. The third-order valence-corrected chi connectivity index (χ3v) is 6.40. The van der Waals surface area contributed by atoms with Gasteiger partial charge in [-0.05, 0) is 25.7 Å².